The van der Waals surface area contributed by atoms with Gasteiger partial charge in [-0.25, -0.2) is 12.8 Å². The van der Waals surface area contributed by atoms with E-state index < -0.39 is 9.84 Å². The van der Waals surface area contributed by atoms with E-state index in [-0.39, 0.29) is 11.6 Å². The van der Waals surface area contributed by atoms with Gasteiger partial charge in [0.2, 0.25) is 0 Å². The predicted molar refractivity (Wildman–Crippen MR) is 78.9 cm³/mol. The Balaban J connectivity index is 2.31. The molecule has 2 N–H and O–H groups in total. The molecule has 0 aromatic heterocycles. The van der Waals surface area contributed by atoms with Gasteiger partial charge < -0.3 is 10.6 Å². The third kappa shape index (κ3) is 7.08. The highest BCUT2D eigenvalue weighted by Crippen LogP contribution is 2.01. The minimum Gasteiger partial charge on any atom is -0.356 e. The van der Waals surface area contributed by atoms with E-state index in [4.69, 9.17) is 0 Å². The van der Waals surface area contributed by atoms with E-state index in [1.807, 2.05) is 0 Å². The Bertz CT molecular complexity index is 541. The van der Waals surface area contributed by atoms with Crippen molar-refractivity contribution in [3.8, 4) is 0 Å². The average molecular weight is 301 g/mol. The van der Waals surface area contributed by atoms with Crippen LogP contribution in [-0.4, -0.2) is 40.0 Å². The quantitative estimate of drug-likeness (QED) is 0.466. The van der Waals surface area contributed by atoms with Crippen LogP contribution in [0.4, 0.5) is 4.39 Å². The van der Waals surface area contributed by atoms with Crippen molar-refractivity contribution < 1.29 is 12.8 Å². The molecule has 7 heteroatoms. The lowest BCUT2D eigenvalue weighted by Gasteiger charge is -2.11. The van der Waals surface area contributed by atoms with Crippen molar-refractivity contribution >= 4 is 15.8 Å². The molecule has 0 saturated carbocycles. The molecule has 0 aliphatic heterocycles. The summed E-state index contributed by atoms with van der Waals surface area (Å²) in [5, 5.41) is 6.09. The summed E-state index contributed by atoms with van der Waals surface area (Å²) in [7, 11) is -1.29. The van der Waals surface area contributed by atoms with E-state index in [0.29, 0.717) is 25.5 Å². The molecule has 0 unspecified atom stereocenters. The van der Waals surface area contributed by atoms with E-state index in [1.54, 1.807) is 19.2 Å². The number of aliphatic imine (C=N–C) groups is 1. The van der Waals surface area contributed by atoms with Crippen molar-refractivity contribution in [3.05, 3.63) is 35.6 Å². The maximum Gasteiger partial charge on any atom is 0.191 e. The predicted octanol–water partition coefficient (Wildman–Crippen LogP) is 0.925. The maximum absolute atomic E-state index is 12.7. The Labute approximate surface area is 119 Å². The first-order valence-corrected chi connectivity index (χ1v) is 8.33. The van der Waals surface area contributed by atoms with Crippen LogP contribution < -0.4 is 10.6 Å². The minimum absolute atomic E-state index is 0.148. The maximum atomic E-state index is 12.7. The second-order valence-corrected chi connectivity index (χ2v) is 6.72. The van der Waals surface area contributed by atoms with Gasteiger partial charge in [0.25, 0.3) is 0 Å². The van der Waals surface area contributed by atoms with E-state index in [1.165, 1.54) is 18.4 Å². The fourth-order valence-corrected chi connectivity index (χ4v) is 2.22. The van der Waals surface area contributed by atoms with Crippen molar-refractivity contribution in [1.82, 2.24) is 10.6 Å². The molecule has 0 amide bonds. The van der Waals surface area contributed by atoms with Gasteiger partial charge >= 0.3 is 0 Å². The number of halogens is 1. The molecule has 112 valence electrons. The molecule has 0 saturated heterocycles. The molecular weight excluding hydrogens is 281 g/mol. The van der Waals surface area contributed by atoms with Crippen LogP contribution in [0.3, 0.4) is 0 Å². The molecule has 0 radical (unpaired) electrons. The molecule has 1 rings (SSSR count). The van der Waals surface area contributed by atoms with Gasteiger partial charge in [-0.05, 0) is 24.1 Å². The summed E-state index contributed by atoms with van der Waals surface area (Å²) in [5.74, 6) is 0.467. The summed E-state index contributed by atoms with van der Waals surface area (Å²) in [6, 6.07) is 6.19. The monoisotopic (exact) mass is 301 g/mol. The highest BCUT2D eigenvalue weighted by atomic mass is 32.2. The molecule has 0 bridgehead atoms. The van der Waals surface area contributed by atoms with Gasteiger partial charge in [0.1, 0.15) is 15.7 Å². The molecule has 0 heterocycles. The van der Waals surface area contributed by atoms with Gasteiger partial charge in [-0.2, -0.15) is 0 Å². The molecule has 1 aromatic carbocycles. The first-order chi connectivity index (χ1) is 9.40. The zero-order chi connectivity index (χ0) is 15.0. The summed E-state index contributed by atoms with van der Waals surface area (Å²) >= 11 is 0. The molecule has 0 fully saturated rings. The van der Waals surface area contributed by atoms with Crippen molar-refractivity contribution in [3.63, 3.8) is 0 Å². The second kappa shape index (κ2) is 7.84. The summed E-state index contributed by atoms with van der Waals surface area (Å²) in [5.41, 5.74) is 0.936. The Morgan fingerprint density at radius 1 is 1.25 bits per heavy atom. The van der Waals surface area contributed by atoms with Crippen molar-refractivity contribution in [2.45, 2.75) is 13.0 Å². The summed E-state index contributed by atoms with van der Waals surface area (Å²) in [6.07, 6.45) is 1.74. The Kier molecular flexibility index (Phi) is 6.44. The van der Waals surface area contributed by atoms with Gasteiger partial charge in [0.05, 0.1) is 5.75 Å². The normalized spacial score (nSPS) is 12.2. The lowest BCUT2D eigenvalue weighted by molar-refractivity contribution is 0.598. The van der Waals surface area contributed by atoms with E-state index in [9.17, 15) is 12.8 Å². The lowest BCUT2D eigenvalue weighted by Crippen LogP contribution is -2.37. The van der Waals surface area contributed by atoms with Crippen LogP contribution >= 0.6 is 0 Å². The van der Waals surface area contributed by atoms with Crippen LogP contribution in [0.5, 0.6) is 0 Å². The summed E-state index contributed by atoms with van der Waals surface area (Å²) in [4.78, 5) is 4.03. The van der Waals surface area contributed by atoms with Gasteiger partial charge in [-0.1, -0.05) is 12.1 Å². The van der Waals surface area contributed by atoms with Gasteiger partial charge in [0.15, 0.2) is 5.96 Å². The van der Waals surface area contributed by atoms with Gasteiger partial charge in [-0.15, -0.1) is 0 Å². The van der Waals surface area contributed by atoms with Crippen molar-refractivity contribution in [1.29, 1.82) is 0 Å². The third-order valence-corrected chi connectivity index (χ3v) is 3.61. The second-order valence-electron chi connectivity index (χ2n) is 4.46. The SMILES string of the molecule is CN=C(NCCCS(C)(=O)=O)NCc1ccc(F)cc1. The van der Waals surface area contributed by atoms with Crippen LogP contribution in [0.15, 0.2) is 29.3 Å². The van der Waals surface area contributed by atoms with Gasteiger partial charge in [-0.3, -0.25) is 4.99 Å². The summed E-state index contributed by atoms with van der Waals surface area (Å²) < 4.78 is 34.7. The number of nitrogens with zero attached hydrogens (tertiary/aromatic N) is 1. The minimum atomic E-state index is -2.92. The number of nitrogens with one attached hydrogen (secondary N) is 2. The molecule has 0 atom stereocenters. The highest BCUT2D eigenvalue weighted by Gasteiger charge is 2.02. The third-order valence-electron chi connectivity index (χ3n) is 2.58. The van der Waals surface area contributed by atoms with E-state index in [2.05, 4.69) is 15.6 Å². The van der Waals surface area contributed by atoms with E-state index in [0.717, 1.165) is 5.56 Å². The first-order valence-electron chi connectivity index (χ1n) is 6.27. The largest absolute Gasteiger partial charge is 0.356 e. The number of benzene rings is 1. The van der Waals surface area contributed by atoms with Crippen molar-refractivity contribution in [2.75, 3.05) is 25.6 Å². The van der Waals surface area contributed by atoms with Crippen LogP contribution in [0.25, 0.3) is 0 Å². The first kappa shape index (κ1) is 16.4. The Morgan fingerprint density at radius 3 is 2.45 bits per heavy atom. The van der Waals surface area contributed by atoms with Crippen LogP contribution in [0, 0.1) is 5.82 Å². The Hall–Kier alpha value is -1.63. The van der Waals surface area contributed by atoms with Crippen LogP contribution in [-0.2, 0) is 16.4 Å². The molecule has 1 aromatic rings. The molecule has 0 spiro atoms. The number of sulfone groups is 1. The fourth-order valence-electron chi connectivity index (χ4n) is 1.55. The molecular formula is C13H20FN3O2S. The number of hydrogen-bond donors (Lipinski definition) is 2. The fraction of sp³-hybridized carbons (Fsp3) is 0.462. The lowest BCUT2D eigenvalue weighted by atomic mass is 10.2. The molecule has 20 heavy (non-hydrogen) atoms. The summed E-state index contributed by atoms with van der Waals surface area (Å²) in [6.45, 7) is 1.04. The highest BCUT2D eigenvalue weighted by molar-refractivity contribution is 7.90. The Morgan fingerprint density at radius 2 is 1.90 bits per heavy atom. The number of hydrogen-bond acceptors (Lipinski definition) is 3. The zero-order valence-corrected chi connectivity index (χ0v) is 12.5. The number of guanidine groups is 1. The molecule has 5 nitrogen and oxygen atoms in total. The van der Waals surface area contributed by atoms with Gasteiger partial charge in [0, 0.05) is 26.4 Å². The zero-order valence-electron chi connectivity index (χ0n) is 11.7. The smallest absolute Gasteiger partial charge is 0.191 e. The number of rotatable bonds is 6. The van der Waals surface area contributed by atoms with Crippen LogP contribution in [0.1, 0.15) is 12.0 Å². The van der Waals surface area contributed by atoms with E-state index >= 15 is 0 Å². The topological polar surface area (TPSA) is 70.6 Å². The van der Waals surface area contributed by atoms with Crippen LogP contribution in [0.2, 0.25) is 0 Å². The van der Waals surface area contributed by atoms with Crippen molar-refractivity contribution in [2.24, 2.45) is 4.99 Å². The molecule has 0 aliphatic rings. The average Bonchev–Trinajstić information content (AvgIpc) is 2.39. The molecule has 0 aliphatic carbocycles. The standard InChI is InChI=1S/C13H20FN3O2S/c1-15-13(16-8-3-9-20(2,18)19)17-10-11-4-6-12(14)7-5-11/h4-7H,3,8-10H2,1-2H3,(H2,15,16,17).